The largest absolute Gasteiger partial charge is 0.302 e. The second-order valence-electron chi connectivity index (χ2n) is 5.14. The lowest BCUT2D eigenvalue weighted by Gasteiger charge is -2.11. The van der Waals surface area contributed by atoms with Crippen LogP contribution in [-0.2, 0) is 11.3 Å². The summed E-state index contributed by atoms with van der Waals surface area (Å²) in [6.45, 7) is 4.42. The molecule has 1 atom stereocenters. The van der Waals surface area contributed by atoms with Crippen molar-refractivity contribution < 1.29 is 9.18 Å². The monoisotopic (exact) mass is 377 g/mol. The number of hydrogen-bond acceptors (Lipinski definition) is 6. The van der Waals surface area contributed by atoms with Crippen molar-refractivity contribution in [3.8, 4) is 11.4 Å². The molecule has 0 saturated carbocycles. The number of carbonyl (C=O) groups is 1. The second kappa shape index (κ2) is 7.75. The number of amides is 1. The van der Waals surface area contributed by atoms with Gasteiger partial charge in [-0.1, -0.05) is 11.8 Å². The number of halogens is 1. The maximum Gasteiger partial charge on any atom is 0.239 e. The third-order valence-corrected chi connectivity index (χ3v) is 5.22. The highest BCUT2D eigenvalue weighted by atomic mass is 32.2. The van der Waals surface area contributed by atoms with Crippen LogP contribution in [0.15, 0.2) is 41.0 Å². The van der Waals surface area contributed by atoms with Gasteiger partial charge < -0.3 is 9.88 Å². The summed E-state index contributed by atoms with van der Waals surface area (Å²) in [5.41, 5.74) is 0.780. The zero-order valence-corrected chi connectivity index (χ0v) is 15.3. The van der Waals surface area contributed by atoms with Gasteiger partial charge in [-0.3, -0.25) is 4.79 Å². The minimum absolute atomic E-state index is 0.145. The predicted molar refractivity (Wildman–Crippen MR) is 97.2 cm³/mol. The molecule has 0 fully saturated rings. The van der Waals surface area contributed by atoms with Crippen LogP contribution in [0.5, 0.6) is 0 Å². The number of thiazole rings is 1. The first-order valence-electron chi connectivity index (χ1n) is 7.64. The second-order valence-corrected chi connectivity index (χ2v) is 7.35. The van der Waals surface area contributed by atoms with Gasteiger partial charge in [-0.15, -0.1) is 21.5 Å². The van der Waals surface area contributed by atoms with Crippen LogP contribution in [0, 0.1) is 5.82 Å². The van der Waals surface area contributed by atoms with E-state index >= 15 is 0 Å². The zero-order chi connectivity index (χ0) is 17.8. The highest BCUT2D eigenvalue weighted by Crippen LogP contribution is 2.27. The van der Waals surface area contributed by atoms with Crippen molar-refractivity contribution >= 4 is 34.1 Å². The van der Waals surface area contributed by atoms with Crippen molar-refractivity contribution in [3.63, 3.8) is 0 Å². The van der Waals surface area contributed by atoms with Gasteiger partial charge in [0.2, 0.25) is 5.91 Å². The average Bonchev–Trinajstić information content (AvgIpc) is 3.25. The highest BCUT2D eigenvalue weighted by molar-refractivity contribution is 8.00. The summed E-state index contributed by atoms with van der Waals surface area (Å²) in [6.07, 6.45) is 1.64. The van der Waals surface area contributed by atoms with Crippen LogP contribution in [-0.4, -0.2) is 30.9 Å². The van der Waals surface area contributed by atoms with E-state index in [4.69, 9.17) is 0 Å². The van der Waals surface area contributed by atoms with Gasteiger partial charge in [0.25, 0.3) is 0 Å². The Hall–Kier alpha value is -2.26. The number of aromatic nitrogens is 4. The predicted octanol–water partition coefficient (Wildman–Crippen LogP) is 3.68. The SMILES string of the molecule is CCn1c(S[C@H](C)C(=O)Nc2nccs2)nnc1-c1ccc(F)cc1. The Bertz CT molecular complexity index is 848. The molecule has 0 aliphatic carbocycles. The summed E-state index contributed by atoms with van der Waals surface area (Å²) in [6, 6.07) is 6.11. The number of carbonyl (C=O) groups excluding carboxylic acids is 1. The quantitative estimate of drug-likeness (QED) is 0.664. The first kappa shape index (κ1) is 17.6. The van der Waals surface area contributed by atoms with Crippen molar-refractivity contribution in [1.29, 1.82) is 0 Å². The maximum atomic E-state index is 13.1. The van der Waals surface area contributed by atoms with Crippen LogP contribution in [0.3, 0.4) is 0 Å². The number of benzene rings is 1. The summed E-state index contributed by atoms with van der Waals surface area (Å²) in [5.74, 6) is 0.208. The van der Waals surface area contributed by atoms with Crippen molar-refractivity contribution in [2.45, 2.75) is 30.8 Å². The fourth-order valence-corrected chi connectivity index (χ4v) is 3.62. The molecule has 0 spiro atoms. The van der Waals surface area contributed by atoms with E-state index in [9.17, 15) is 9.18 Å². The Labute approximate surface area is 152 Å². The molecular weight excluding hydrogens is 361 g/mol. The Morgan fingerprint density at radius 3 is 2.76 bits per heavy atom. The Balaban J connectivity index is 1.76. The topological polar surface area (TPSA) is 72.7 Å². The van der Waals surface area contributed by atoms with Crippen molar-refractivity contribution in [3.05, 3.63) is 41.7 Å². The zero-order valence-electron chi connectivity index (χ0n) is 13.6. The van der Waals surface area contributed by atoms with Gasteiger partial charge in [-0.2, -0.15) is 0 Å². The Kier molecular flexibility index (Phi) is 5.44. The molecule has 2 heterocycles. The summed E-state index contributed by atoms with van der Waals surface area (Å²) in [7, 11) is 0. The van der Waals surface area contributed by atoms with E-state index in [1.54, 1.807) is 30.6 Å². The summed E-state index contributed by atoms with van der Waals surface area (Å²) in [5, 5.41) is 13.8. The number of anilines is 1. The molecule has 9 heteroatoms. The smallest absolute Gasteiger partial charge is 0.239 e. The molecule has 1 aromatic carbocycles. The number of nitrogens with one attached hydrogen (secondary N) is 1. The highest BCUT2D eigenvalue weighted by Gasteiger charge is 2.20. The molecule has 0 aliphatic rings. The van der Waals surface area contributed by atoms with Crippen molar-refractivity contribution in [1.82, 2.24) is 19.7 Å². The molecule has 0 saturated heterocycles. The average molecular weight is 377 g/mol. The number of hydrogen-bond donors (Lipinski definition) is 1. The molecule has 25 heavy (non-hydrogen) atoms. The van der Waals surface area contributed by atoms with E-state index < -0.39 is 0 Å². The molecule has 0 aliphatic heterocycles. The molecule has 130 valence electrons. The molecular formula is C16H16FN5OS2. The van der Waals surface area contributed by atoms with Crippen LogP contribution >= 0.6 is 23.1 Å². The summed E-state index contributed by atoms with van der Waals surface area (Å²) < 4.78 is 15.0. The normalized spacial score (nSPS) is 12.1. The van der Waals surface area contributed by atoms with Crippen molar-refractivity contribution in [2.75, 3.05) is 5.32 Å². The molecule has 1 N–H and O–H groups in total. The molecule has 0 bridgehead atoms. The first-order valence-corrected chi connectivity index (χ1v) is 9.40. The Morgan fingerprint density at radius 1 is 1.36 bits per heavy atom. The minimum Gasteiger partial charge on any atom is -0.302 e. The van der Waals surface area contributed by atoms with Crippen LogP contribution in [0.4, 0.5) is 9.52 Å². The van der Waals surface area contributed by atoms with Crippen molar-refractivity contribution in [2.24, 2.45) is 0 Å². The van der Waals surface area contributed by atoms with E-state index in [0.29, 0.717) is 22.7 Å². The summed E-state index contributed by atoms with van der Waals surface area (Å²) >= 11 is 2.69. The molecule has 0 unspecified atom stereocenters. The van der Waals surface area contributed by atoms with E-state index in [-0.39, 0.29) is 17.0 Å². The van der Waals surface area contributed by atoms with Crippen LogP contribution in [0.25, 0.3) is 11.4 Å². The lowest BCUT2D eigenvalue weighted by molar-refractivity contribution is -0.115. The van der Waals surface area contributed by atoms with Crippen LogP contribution in [0.1, 0.15) is 13.8 Å². The molecule has 6 nitrogen and oxygen atoms in total. The van der Waals surface area contributed by atoms with E-state index in [0.717, 1.165) is 5.56 Å². The lowest BCUT2D eigenvalue weighted by Crippen LogP contribution is -2.22. The van der Waals surface area contributed by atoms with Gasteiger partial charge in [0.05, 0.1) is 5.25 Å². The minimum atomic E-state index is -0.362. The molecule has 3 aromatic rings. The van der Waals surface area contributed by atoms with Gasteiger partial charge in [0.15, 0.2) is 16.1 Å². The summed E-state index contributed by atoms with van der Waals surface area (Å²) in [4.78, 5) is 16.3. The maximum absolute atomic E-state index is 13.1. The van der Waals surface area contributed by atoms with E-state index in [2.05, 4.69) is 20.5 Å². The van der Waals surface area contributed by atoms with Gasteiger partial charge in [-0.05, 0) is 38.1 Å². The third-order valence-electron chi connectivity index (χ3n) is 3.45. The third kappa shape index (κ3) is 4.05. The number of rotatable bonds is 6. The van der Waals surface area contributed by atoms with Gasteiger partial charge in [-0.25, -0.2) is 9.37 Å². The van der Waals surface area contributed by atoms with Crippen LogP contribution in [0.2, 0.25) is 0 Å². The van der Waals surface area contributed by atoms with Gasteiger partial charge in [0.1, 0.15) is 5.82 Å². The van der Waals surface area contributed by atoms with E-state index in [1.807, 2.05) is 11.5 Å². The molecule has 2 aromatic heterocycles. The first-order chi connectivity index (χ1) is 12.1. The standard InChI is InChI=1S/C16H16FN5OS2/c1-3-22-13(11-4-6-12(17)7-5-11)20-21-16(22)25-10(2)14(23)19-15-18-8-9-24-15/h4-10H,3H2,1-2H3,(H,18,19,23)/t10-/m1/s1. The molecule has 1 amide bonds. The van der Waals surface area contributed by atoms with E-state index in [1.165, 1.54) is 35.2 Å². The van der Waals surface area contributed by atoms with Gasteiger partial charge in [0, 0.05) is 23.7 Å². The van der Waals surface area contributed by atoms with Gasteiger partial charge >= 0.3 is 0 Å². The fraction of sp³-hybridized carbons (Fsp3) is 0.250. The molecule has 0 radical (unpaired) electrons. The number of thioether (sulfide) groups is 1. The van der Waals surface area contributed by atoms with Crippen LogP contribution < -0.4 is 5.32 Å². The number of nitrogens with zero attached hydrogens (tertiary/aromatic N) is 4. The fourth-order valence-electron chi connectivity index (χ4n) is 2.18. The lowest BCUT2D eigenvalue weighted by atomic mass is 10.2. The Morgan fingerprint density at radius 2 is 2.12 bits per heavy atom. The molecule has 3 rings (SSSR count).